The number of benzene rings is 1. The number of aliphatic hydroxyl groups is 1. The fourth-order valence-corrected chi connectivity index (χ4v) is 2.34. The maximum absolute atomic E-state index is 14.2. The van der Waals surface area contributed by atoms with Crippen LogP contribution in [-0.4, -0.2) is 28.2 Å². The highest BCUT2D eigenvalue weighted by Crippen LogP contribution is 2.38. The third-order valence-corrected chi connectivity index (χ3v) is 3.23. The predicted octanol–water partition coefficient (Wildman–Crippen LogP) is 3.02. The lowest BCUT2D eigenvalue weighted by Crippen LogP contribution is -2.46. The minimum Gasteiger partial charge on any atom is -0.444 e. The molecule has 0 aromatic heterocycles. The molecule has 21 heavy (non-hydrogen) atoms. The summed E-state index contributed by atoms with van der Waals surface area (Å²) in [6, 6.07) is 4.40. The van der Waals surface area contributed by atoms with Gasteiger partial charge in [0.05, 0.1) is 19.7 Å². The molecule has 0 saturated heterocycles. The Hall–Kier alpha value is -1.69. The molecule has 1 amide bonds. The molecule has 0 spiro atoms. The second kappa shape index (κ2) is 5.26. The van der Waals surface area contributed by atoms with Crippen molar-refractivity contribution in [3.05, 3.63) is 34.9 Å². The first kappa shape index (κ1) is 15.7. The number of carbonyl (C=O) groups is 1. The van der Waals surface area contributed by atoms with Crippen LogP contribution in [0.4, 0.5) is 13.6 Å². The minimum atomic E-state index is -3.16. The number of fused-ring (bicyclic) bond motifs is 1. The number of ether oxygens (including phenoxy) is 1. The van der Waals surface area contributed by atoms with Crippen LogP contribution >= 0.6 is 0 Å². The van der Waals surface area contributed by atoms with Gasteiger partial charge in [-0.3, -0.25) is 4.90 Å². The van der Waals surface area contributed by atoms with E-state index in [1.54, 1.807) is 26.8 Å². The summed E-state index contributed by atoms with van der Waals surface area (Å²) >= 11 is 0. The Labute approximate surface area is 122 Å². The topological polar surface area (TPSA) is 49.8 Å². The van der Waals surface area contributed by atoms with Gasteiger partial charge in [0.2, 0.25) is 0 Å². The molecule has 0 fully saturated rings. The number of halogens is 2. The van der Waals surface area contributed by atoms with Gasteiger partial charge in [-0.05, 0) is 31.9 Å². The highest BCUT2D eigenvalue weighted by atomic mass is 19.3. The van der Waals surface area contributed by atoms with Gasteiger partial charge in [0, 0.05) is 5.56 Å². The van der Waals surface area contributed by atoms with Gasteiger partial charge < -0.3 is 9.84 Å². The first-order chi connectivity index (χ1) is 9.64. The lowest BCUT2D eigenvalue weighted by Gasteiger charge is -2.36. The lowest BCUT2D eigenvalue weighted by molar-refractivity contribution is -0.0594. The molecule has 0 atom stereocenters. The van der Waals surface area contributed by atoms with E-state index in [9.17, 15) is 18.7 Å². The third-order valence-electron chi connectivity index (χ3n) is 3.23. The van der Waals surface area contributed by atoms with Crippen LogP contribution in [0.25, 0.3) is 0 Å². The van der Waals surface area contributed by atoms with Gasteiger partial charge in [-0.1, -0.05) is 18.2 Å². The molecule has 1 aliphatic heterocycles. The first-order valence-electron chi connectivity index (χ1n) is 6.72. The van der Waals surface area contributed by atoms with Gasteiger partial charge in [0.25, 0.3) is 5.92 Å². The van der Waals surface area contributed by atoms with Crippen LogP contribution in [0.1, 0.15) is 37.5 Å². The number of rotatable bonds is 1. The van der Waals surface area contributed by atoms with E-state index in [2.05, 4.69) is 0 Å². The summed E-state index contributed by atoms with van der Waals surface area (Å²) in [5.74, 6) is -3.16. The number of hydrogen-bond donors (Lipinski definition) is 1. The van der Waals surface area contributed by atoms with Gasteiger partial charge in [0.1, 0.15) is 5.60 Å². The van der Waals surface area contributed by atoms with Crippen molar-refractivity contribution in [2.45, 2.75) is 45.4 Å². The van der Waals surface area contributed by atoms with Crippen LogP contribution in [0.15, 0.2) is 18.2 Å². The molecule has 0 aliphatic carbocycles. The standard InChI is InChI=1S/C15H19F2NO3/c1-14(2,3)21-13(20)18-7-11-10(8-19)5-4-6-12(11)15(16,17)9-18/h4-6,19H,7-9H2,1-3H3. The average molecular weight is 299 g/mol. The SMILES string of the molecule is CC(C)(C)OC(=O)N1Cc2c(CO)cccc2C(F)(F)C1. The number of nitrogens with zero attached hydrogens (tertiary/aromatic N) is 1. The fraction of sp³-hybridized carbons (Fsp3) is 0.533. The van der Waals surface area contributed by atoms with Crippen LogP contribution in [0.5, 0.6) is 0 Å². The van der Waals surface area contributed by atoms with Gasteiger partial charge in [0.15, 0.2) is 0 Å². The lowest BCUT2D eigenvalue weighted by atomic mass is 9.93. The average Bonchev–Trinajstić information content (AvgIpc) is 2.35. The smallest absolute Gasteiger partial charge is 0.410 e. The molecule has 1 heterocycles. The van der Waals surface area contributed by atoms with Crippen molar-refractivity contribution in [2.24, 2.45) is 0 Å². The Morgan fingerprint density at radius 1 is 1.43 bits per heavy atom. The Morgan fingerprint density at radius 2 is 2.10 bits per heavy atom. The summed E-state index contributed by atoms with van der Waals surface area (Å²) in [4.78, 5) is 13.0. The third kappa shape index (κ3) is 3.32. The normalized spacial score (nSPS) is 17.3. The van der Waals surface area contributed by atoms with Crippen molar-refractivity contribution in [3.8, 4) is 0 Å². The maximum atomic E-state index is 14.2. The molecule has 2 rings (SSSR count). The summed E-state index contributed by atoms with van der Waals surface area (Å²) in [5.41, 5.74) is -0.181. The Bertz CT molecular complexity index is 552. The van der Waals surface area contributed by atoms with E-state index in [1.165, 1.54) is 12.1 Å². The van der Waals surface area contributed by atoms with Crippen LogP contribution < -0.4 is 0 Å². The molecule has 0 saturated carbocycles. The summed E-state index contributed by atoms with van der Waals surface area (Å²) in [6.45, 7) is 3.99. The number of amides is 1. The summed E-state index contributed by atoms with van der Waals surface area (Å²) in [7, 11) is 0. The van der Waals surface area contributed by atoms with Crippen LogP contribution in [0, 0.1) is 0 Å². The Balaban J connectivity index is 2.34. The van der Waals surface area contributed by atoms with Crippen LogP contribution in [0.2, 0.25) is 0 Å². The van der Waals surface area contributed by atoms with Gasteiger partial charge >= 0.3 is 6.09 Å². The van der Waals surface area contributed by atoms with Gasteiger partial charge in [-0.15, -0.1) is 0 Å². The van der Waals surface area contributed by atoms with E-state index in [1.807, 2.05) is 0 Å². The van der Waals surface area contributed by atoms with Gasteiger partial charge in [-0.2, -0.15) is 8.78 Å². The monoisotopic (exact) mass is 299 g/mol. The predicted molar refractivity (Wildman–Crippen MR) is 72.9 cm³/mol. The first-order valence-corrected chi connectivity index (χ1v) is 6.72. The number of aliphatic hydroxyl groups excluding tert-OH is 1. The maximum Gasteiger partial charge on any atom is 0.410 e. The molecule has 6 heteroatoms. The van der Waals surface area contributed by atoms with E-state index in [0.717, 1.165) is 4.90 Å². The van der Waals surface area contributed by atoms with E-state index in [4.69, 9.17) is 4.74 Å². The Kier molecular flexibility index (Phi) is 3.93. The fourth-order valence-electron chi connectivity index (χ4n) is 2.34. The second-order valence-corrected chi connectivity index (χ2v) is 6.14. The highest BCUT2D eigenvalue weighted by molar-refractivity contribution is 5.69. The zero-order valence-corrected chi connectivity index (χ0v) is 12.3. The van der Waals surface area contributed by atoms with Crippen LogP contribution in [0.3, 0.4) is 0 Å². The molecular weight excluding hydrogens is 280 g/mol. The molecule has 1 aromatic rings. The zero-order valence-electron chi connectivity index (χ0n) is 12.3. The van der Waals surface area contributed by atoms with Crippen molar-refractivity contribution >= 4 is 6.09 Å². The van der Waals surface area contributed by atoms with Crippen molar-refractivity contribution in [3.63, 3.8) is 0 Å². The second-order valence-electron chi connectivity index (χ2n) is 6.14. The largest absolute Gasteiger partial charge is 0.444 e. The van der Waals surface area contributed by atoms with E-state index < -0.39 is 24.2 Å². The molecular formula is C15H19F2NO3. The molecule has 1 aromatic carbocycles. The molecule has 0 radical (unpaired) electrons. The minimum absolute atomic E-state index is 0.0105. The van der Waals surface area contributed by atoms with Crippen molar-refractivity contribution in [2.75, 3.05) is 6.54 Å². The summed E-state index contributed by atoms with van der Waals surface area (Å²) < 4.78 is 33.6. The molecule has 1 aliphatic rings. The van der Waals surface area contributed by atoms with E-state index >= 15 is 0 Å². The van der Waals surface area contributed by atoms with E-state index in [0.29, 0.717) is 11.1 Å². The number of alkyl halides is 2. The summed E-state index contributed by atoms with van der Waals surface area (Å²) in [6.07, 6.45) is -0.777. The molecule has 4 nitrogen and oxygen atoms in total. The van der Waals surface area contributed by atoms with Crippen molar-refractivity contribution in [1.82, 2.24) is 4.90 Å². The van der Waals surface area contributed by atoms with Crippen molar-refractivity contribution in [1.29, 1.82) is 0 Å². The number of hydrogen-bond acceptors (Lipinski definition) is 3. The van der Waals surface area contributed by atoms with Crippen molar-refractivity contribution < 1.29 is 23.4 Å². The molecule has 116 valence electrons. The quantitative estimate of drug-likeness (QED) is 0.867. The molecule has 0 unspecified atom stereocenters. The molecule has 0 bridgehead atoms. The Morgan fingerprint density at radius 3 is 2.67 bits per heavy atom. The molecule has 1 N–H and O–H groups in total. The summed E-state index contributed by atoms with van der Waals surface area (Å²) in [5, 5.41) is 9.30. The zero-order chi connectivity index (χ0) is 15.8. The van der Waals surface area contributed by atoms with Crippen LogP contribution in [-0.2, 0) is 23.8 Å². The van der Waals surface area contributed by atoms with E-state index in [-0.39, 0.29) is 18.7 Å². The highest BCUT2D eigenvalue weighted by Gasteiger charge is 2.43. The number of carbonyl (C=O) groups excluding carboxylic acids is 1. The van der Waals surface area contributed by atoms with Gasteiger partial charge in [-0.25, -0.2) is 4.79 Å².